The molecule has 1 saturated heterocycles. The molecule has 1 unspecified atom stereocenters. The van der Waals surface area contributed by atoms with Crippen LogP contribution in [-0.2, 0) is 17.5 Å². The van der Waals surface area contributed by atoms with Gasteiger partial charge in [-0.25, -0.2) is 0 Å². The lowest BCUT2D eigenvalue weighted by Gasteiger charge is -2.36. The SMILES string of the molecule is COc1cc(N2CCN(C(=O)Cn3nc(C(F)(F)F)c(Cl)c3C(C)O)CC2)ccc1Cl. The molecule has 1 fully saturated rings. The monoisotopic (exact) mass is 480 g/mol. The van der Waals surface area contributed by atoms with Gasteiger partial charge in [0.25, 0.3) is 0 Å². The minimum absolute atomic E-state index is 0.241. The van der Waals surface area contributed by atoms with Gasteiger partial charge in [-0.15, -0.1) is 0 Å². The number of aromatic nitrogens is 2. The summed E-state index contributed by atoms with van der Waals surface area (Å²) in [5, 5.41) is 13.1. The zero-order chi connectivity index (χ0) is 22.9. The molecule has 12 heteroatoms. The van der Waals surface area contributed by atoms with Crippen molar-refractivity contribution in [2.75, 3.05) is 38.2 Å². The fourth-order valence-corrected chi connectivity index (χ4v) is 4.04. The first-order valence-corrected chi connectivity index (χ1v) is 10.2. The van der Waals surface area contributed by atoms with E-state index in [0.717, 1.165) is 10.4 Å². The highest BCUT2D eigenvalue weighted by molar-refractivity contribution is 6.32. The zero-order valence-electron chi connectivity index (χ0n) is 16.8. The van der Waals surface area contributed by atoms with Crippen molar-refractivity contribution >= 4 is 34.8 Å². The maximum absolute atomic E-state index is 13.1. The van der Waals surface area contributed by atoms with Gasteiger partial charge in [-0.05, 0) is 19.1 Å². The Morgan fingerprint density at radius 2 is 1.90 bits per heavy atom. The molecule has 0 bridgehead atoms. The molecule has 2 heterocycles. The van der Waals surface area contributed by atoms with Crippen LogP contribution in [0.5, 0.6) is 5.75 Å². The summed E-state index contributed by atoms with van der Waals surface area (Å²) in [4.78, 5) is 16.3. The quantitative estimate of drug-likeness (QED) is 0.707. The second kappa shape index (κ2) is 9.13. The molecule has 1 aliphatic rings. The van der Waals surface area contributed by atoms with E-state index in [2.05, 4.69) is 10.00 Å². The molecule has 1 aromatic carbocycles. The molecule has 1 atom stereocenters. The minimum Gasteiger partial charge on any atom is -0.495 e. The van der Waals surface area contributed by atoms with Crippen LogP contribution in [0.4, 0.5) is 18.9 Å². The summed E-state index contributed by atoms with van der Waals surface area (Å²) in [6.45, 7) is 2.60. The van der Waals surface area contributed by atoms with Crippen LogP contribution in [0.3, 0.4) is 0 Å². The maximum Gasteiger partial charge on any atom is 0.436 e. The van der Waals surface area contributed by atoms with Crippen molar-refractivity contribution in [1.29, 1.82) is 0 Å². The second-order valence-electron chi connectivity index (χ2n) is 7.07. The second-order valence-corrected chi connectivity index (χ2v) is 7.85. The molecule has 0 saturated carbocycles. The molecule has 0 radical (unpaired) electrons. The number of benzene rings is 1. The molecule has 0 aliphatic carbocycles. The highest BCUT2D eigenvalue weighted by atomic mass is 35.5. The fourth-order valence-electron chi connectivity index (χ4n) is 3.44. The number of nitrogens with zero attached hydrogens (tertiary/aromatic N) is 4. The average Bonchev–Trinajstić information content (AvgIpc) is 3.05. The number of anilines is 1. The summed E-state index contributed by atoms with van der Waals surface area (Å²) in [5.41, 5.74) is -0.674. The van der Waals surface area contributed by atoms with Crippen LogP contribution in [-0.4, -0.2) is 59.0 Å². The minimum atomic E-state index is -4.79. The van der Waals surface area contributed by atoms with E-state index in [1.54, 1.807) is 12.1 Å². The Labute approximate surface area is 186 Å². The normalized spacial score (nSPS) is 15.9. The van der Waals surface area contributed by atoms with E-state index in [4.69, 9.17) is 27.9 Å². The predicted octanol–water partition coefficient (Wildman–Crippen LogP) is 3.62. The molecule has 31 heavy (non-hydrogen) atoms. The van der Waals surface area contributed by atoms with Gasteiger partial charge in [0.2, 0.25) is 5.91 Å². The van der Waals surface area contributed by atoms with Crippen molar-refractivity contribution in [3.63, 3.8) is 0 Å². The van der Waals surface area contributed by atoms with Crippen LogP contribution in [0.15, 0.2) is 18.2 Å². The smallest absolute Gasteiger partial charge is 0.436 e. The van der Waals surface area contributed by atoms with Crippen LogP contribution >= 0.6 is 23.2 Å². The third-order valence-electron chi connectivity index (χ3n) is 5.01. The average molecular weight is 481 g/mol. The molecular weight excluding hydrogens is 460 g/mol. The fraction of sp³-hybridized carbons (Fsp3) is 0.474. The molecule has 170 valence electrons. The lowest BCUT2D eigenvalue weighted by Crippen LogP contribution is -2.49. The highest BCUT2D eigenvalue weighted by Gasteiger charge is 2.40. The molecule has 0 spiro atoms. The Kier molecular flexibility index (Phi) is 6.92. The Balaban J connectivity index is 1.69. The van der Waals surface area contributed by atoms with Gasteiger partial charge in [-0.2, -0.15) is 18.3 Å². The lowest BCUT2D eigenvalue weighted by atomic mass is 10.2. The molecule has 1 amide bonds. The first kappa shape index (κ1) is 23.5. The maximum atomic E-state index is 13.1. The summed E-state index contributed by atoms with van der Waals surface area (Å²) in [6.07, 6.45) is -6.11. The van der Waals surface area contributed by atoms with Gasteiger partial charge in [0.15, 0.2) is 5.69 Å². The van der Waals surface area contributed by atoms with E-state index >= 15 is 0 Å². The number of carbonyl (C=O) groups excluding carboxylic acids is 1. The number of halogens is 5. The molecule has 1 aromatic heterocycles. The third kappa shape index (κ3) is 5.02. The Hall–Kier alpha value is -2.17. The zero-order valence-corrected chi connectivity index (χ0v) is 18.3. The van der Waals surface area contributed by atoms with Gasteiger partial charge in [0.05, 0.1) is 29.0 Å². The number of alkyl halides is 3. The first-order chi connectivity index (χ1) is 14.5. The number of hydrogen-bond acceptors (Lipinski definition) is 5. The van der Waals surface area contributed by atoms with Crippen molar-refractivity contribution in [3.8, 4) is 5.75 Å². The number of rotatable bonds is 5. The van der Waals surface area contributed by atoms with E-state index in [0.29, 0.717) is 37.0 Å². The summed E-state index contributed by atoms with van der Waals surface area (Å²) in [7, 11) is 1.52. The largest absolute Gasteiger partial charge is 0.495 e. The summed E-state index contributed by atoms with van der Waals surface area (Å²) >= 11 is 11.8. The topological polar surface area (TPSA) is 70.8 Å². The van der Waals surface area contributed by atoms with Gasteiger partial charge in [0, 0.05) is 37.9 Å². The molecule has 2 aromatic rings. The van der Waals surface area contributed by atoms with Crippen molar-refractivity contribution in [2.24, 2.45) is 0 Å². The van der Waals surface area contributed by atoms with Crippen molar-refractivity contribution < 1.29 is 27.8 Å². The standard InChI is InChI=1S/C19H21Cl2F3N4O3/c1-11(29)17-16(21)18(19(22,23)24)25-28(17)10-15(30)27-7-5-26(6-8-27)12-3-4-13(20)14(9-12)31-2/h3-4,9,11,29H,5-8,10H2,1-2H3. The van der Waals surface area contributed by atoms with Gasteiger partial charge in [-0.3, -0.25) is 9.48 Å². The lowest BCUT2D eigenvalue weighted by molar-refractivity contribution is -0.142. The van der Waals surface area contributed by atoms with E-state index in [9.17, 15) is 23.1 Å². The molecular formula is C19H21Cl2F3N4O3. The predicted molar refractivity (Wildman–Crippen MR) is 110 cm³/mol. The number of methoxy groups -OCH3 is 1. The molecule has 7 nitrogen and oxygen atoms in total. The Morgan fingerprint density at radius 3 is 2.45 bits per heavy atom. The number of hydrogen-bond donors (Lipinski definition) is 1. The van der Waals surface area contributed by atoms with Gasteiger partial charge in [0.1, 0.15) is 12.3 Å². The van der Waals surface area contributed by atoms with Gasteiger partial charge >= 0.3 is 6.18 Å². The van der Waals surface area contributed by atoms with E-state index in [1.807, 2.05) is 6.07 Å². The Bertz CT molecular complexity index is 958. The van der Waals surface area contributed by atoms with Crippen molar-refractivity contribution in [2.45, 2.75) is 25.7 Å². The first-order valence-electron chi connectivity index (χ1n) is 9.40. The number of carbonyl (C=O) groups is 1. The molecule has 3 rings (SSSR count). The van der Waals surface area contributed by atoms with Gasteiger partial charge in [-0.1, -0.05) is 23.2 Å². The van der Waals surface area contributed by atoms with Crippen molar-refractivity contribution in [1.82, 2.24) is 14.7 Å². The number of amides is 1. The summed E-state index contributed by atoms with van der Waals surface area (Å²) in [5.74, 6) is 0.127. The number of ether oxygens (including phenoxy) is 1. The molecule has 1 aliphatic heterocycles. The van der Waals surface area contributed by atoms with Gasteiger partial charge < -0.3 is 19.6 Å². The van der Waals surface area contributed by atoms with Crippen molar-refractivity contribution in [3.05, 3.63) is 39.6 Å². The van der Waals surface area contributed by atoms with E-state index in [1.165, 1.54) is 18.9 Å². The summed E-state index contributed by atoms with van der Waals surface area (Å²) < 4.78 is 45.4. The van der Waals surface area contributed by atoms with Crippen LogP contribution in [0.1, 0.15) is 24.4 Å². The van der Waals surface area contributed by atoms with Crippen LogP contribution < -0.4 is 9.64 Å². The van der Waals surface area contributed by atoms with Crippen LogP contribution in [0, 0.1) is 0 Å². The Morgan fingerprint density at radius 1 is 1.26 bits per heavy atom. The number of aliphatic hydroxyl groups excluding tert-OH is 1. The highest BCUT2D eigenvalue weighted by Crippen LogP contribution is 2.37. The van der Waals surface area contributed by atoms with E-state index < -0.39 is 35.4 Å². The van der Waals surface area contributed by atoms with Crippen LogP contribution in [0.2, 0.25) is 10.0 Å². The van der Waals surface area contributed by atoms with E-state index in [-0.39, 0.29) is 5.69 Å². The summed E-state index contributed by atoms with van der Waals surface area (Å²) in [6, 6.07) is 5.38. The third-order valence-corrected chi connectivity index (χ3v) is 5.70. The number of aliphatic hydroxyl groups is 1. The number of piperazine rings is 1. The molecule has 1 N–H and O–H groups in total. The van der Waals surface area contributed by atoms with Crippen LogP contribution in [0.25, 0.3) is 0 Å².